The molecule has 1 unspecified atom stereocenters. The molecule has 40 heavy (non-hydrogen) atoms. The number of nitrogens with zero attached hydrogens (tertiary/aromatic N) is 6. The van der Waals surface area contributed by atoms with E-state index in [9.17, 15) is 23.3 Å². The third-order valence-corrected chi connectivity index (χ3v) is 6.47. The monoisotopic (exact) mass is 558 g/mol. The Labute approximate surface area is 224 Å². The van der Waals surface area contributed by atoms with Crippen LogP contribution in [0.3, 0.4) is 0 Å². The lowest BCUT2D eigenvalue weighted by Crippen LogP contribution is -2.40. The fourth-order valence-electron chi connectivity index (χ4n) is 4.70. The molecule has 1 aliphatic heterocycles. The Morgan fingerprint density at radius 2 is 2.00 bits per heavy atom. The number of benzene rings is 2. The fraction of sp³-hybridized carbons (Fsp3) is 0.240. The summed E-state index contributed by atoms with van der Waals surface area (Å²) in [6.07, 6.45) is 3.50. The summed E-state index contributed by atoms with van der Waals surface area (Å²) in [6.45, 7) is 0.928. The molecular formula is C25H22F4N8O3. The molecule has 1 aliphatic rings. The first-order chi connectivity index (χ1) is 19.2. The minimum atomic E-state index is -1.45. The van der Waals surface area contributed by atoms with Gasteiger partial charge in [-0.05, 0) is 25.0 Å². The average molecular weight is 558 g/mol. The highest BCUT2D eigenvalue weighted by Gasteiger charge is 2.29. The number of piperidine rings is 1. The zero-order valence-corrected chi connectivity index (χ0v) is 20.9. The van der Waals surface area contributed by atoms with Crippen LogP contribution in [0.25, 0.3) is 22.3 Å². The number of aromatic nitrogens is 4. The molecule has 0 amide bonds. The zero-order valence-electron chi connectivity index (χ0n) is 20.9. The Hall–Kier alpha value is -4.95. The van der Waals surface area contributed by atoms with E-state index in [-0.39, 0.29) is 28.9 Å². The Bertz CT molecular complexity index is 1640. The predicted molar refractivity (Wildman–Crippen MR) is 136 cm³/mol. The first kappa shape index (κ1) is 26.6. The smallest absolute Gasteiger partial charge is 0.274 e. The van der Waals surface area contributed by atoms with Gasteiger partial charge in [0.25, 0.3) is 6.20 Å². The number of fused-ring (bicyclic) bond motifs is 1. The molecule has 1 saturated heterocycles. The van der Waals surface area contributed by atoms with Crippen molar-refractivity contribution in [1.29, 1.82) is 0 Å². The van der Waals surface area contributed by atoms with Gasteiger partial charge in [0.15, 0.2) is 23.0 Å². The van der Waals surface area contributed by atoms with Gasteiger partial charge in [0.05, 0.1) is 16.4 Å². The Morgan fingerprint density at radius 3 is 2.73 bits per heavy atom. The minimum absolute atomic E-state index is 0.000298. The van der Waals surface area contributed by atoms with Crippen molar-refractivity contribution in [1.82, 2.24) is 30.0 Å². The summed E-state index contributed by atoms with van der Waals surface area (Å²) in [6, 6.07) is 4.23. The van der Waals surface area contributed by atoms with Gasteiger partial charge in [-0.1, -0.05) is 0 Å². The summed E-state index contributed by atoms with van der Waals surface area (Å²) in [5.41, 5.74) is 6.62. The van der Waals surface area contributed by atoms with Crippen LogP contribution in [0.5, 0.6) is 11.5 Å². The van der Waals surface area contributed by atoms with Crippen LogP contribution in [0.15, 0.2) is 48.7 Å². The third kappa shape index (κ3) is 5.04. The molecule has 0 saturated carbocycles. The van der Waals surface area contributed by atoms with E-state index in [0.29, 0.717) is 54.9 Å². The van der Waals surface area contributed by atoms with Crippen LogP contribution < -0.4 is 15.8 Å². The van der Waals surface area contributed by atoms with Crippen LogP contribution >= 0.6 is 0 Å². The molecule has 0 spiro atoms. The van der Waals surface area contributed by atoms with Gasteiger partial charge in [-0.3, -0.25) is 10.1 Å². The number of rotatable bonds is 7. The summed E-state index contributed by atoms with van der Waals surface area (Å²) in [7, 11) is 1.59. The summed E-state index contributed by atoms with van der Waals surface area (Å²) >= 11 is 0. The van der Waals surface area contributed by atoms with Gasteiger partial charge < -0.3 is 20.7 Å². The number of hydrogen-bond acceptors (Lipinski definition) is 9. The summed E-state index contributed by atoms with van der Waals surface area (Å²) in [4.78, 5) is 20.7. The van der Waals surface area contributed by atoms with Gasteiger partial charge >= 0.3 is 0 Å². The van der Waals surface area contributed by atoms with Crippen molar-refractivity contribution in [2.45, 2.75) is 18.9 Å². The summed E-state index contributed by atoms with van der Waals surface area (Å²) in [5.74, 6) is -5.33. The topological polar surface area (TPSA) is 137 Å². The maximum Gasteiger partial charge on any atom is 0.274 e. The first-order valence-electron chi connectivity index (χ1n) is 12.0. The molecule has 11 nitrogen and oxygen atoms in total. The van der Waals surface area contributed by atoms with E-state index in [1.807, 2.05) is 4.90 Å². The van der Waals surface area contributed by atoms with Gasteiger partial charge in [0.2, 0.25) is 5.82 Å². The van der Waals surface area contributed by atoms with Crippen molar-refractivity contribution in [3.63, 3.8) is 0 Å². The number of nitrogens with one attached hydrogen (secondary N) is 1. The second kappa shape index (κ2) is 10.7. The molecule has 0 bridgehead atoms. The van der Waals surface area contributed by atoms with Crippen LogP contribution in [-0.2, 0) is 0 Å². The van der Waals surface area contributed by atoms with Crippen molar-refractivity contribution >= 4 is 16.9 Å². The first-order valence-corrected chi connectivity index (χ1v) is 12.0. The number of nitrogen functional groups attached to an aromatic ring is 1. The molecule has 0 radical (unpaired) electrons. The second-order valence-corrected chi connectivity index (χ2v) is 8.99. The lowest BCUT2D eigenvalue weighted by Gasteiger charge is -2.34. The number of nitro groups is 1. The minimum Gasteiger partial charge on any atom is -0.454 e. The quantitative estimate of drug-likeness (QED) is 0.147. The van der Waals surface area contributed by atoms with E-state index in [0.717, 1.165) is 12.3 Å². The fourth-order valence-corrected chi connectivity index (χ4v) is 4.70. The Balaban J connectivity index is 1.52. The van der Waals surface area contributed by atoms with Gasteiger partial charge in [0.1, 0.15) is 35.2 Å². The van der Waals surface area contributed by atoms with E-state index >= 15 is 4.39 Å². The molecule has 15 heteroatoms. The molecule has 2 aromatic carbocycles. The molecule has 0 aliphatic carbocycles. The van der Waals surface area contributed by atoms with Crippen LogP contribution in [-0.4, -0.2) is 49.7 Å². The maximum absolute atomic E-state index is 15.4. The van der Waals surface area contributed by atoms with E-state index < -0.39 is 33.9 Å². The molecule has 3 heterocycles. The second-order valence-electron chi connectivity index (χ2n) is 8.99. The van der Waals surface area contributed by atoms with Crippen molar-refractivity contribution in [3.05, 3.63) is 82.1 Å². The van der Waals surface area contributed by atoms with E-state index in [2.05, 4.69) is 20.4 Å². The van der Waals surface area contributed by atoms with Gasteiger partial charge in [-0.2, -0.15) is 9.49 Å². The molecule has 3 N–H and O–H groups in total. The van der Waals surface area contributed by atoms with Gasteiger partial charge in [0, 0.05) is 43.9 Å². The van der Waals surface area contributed by atoms with Crippen LogP contribution in [0.4, 0.5) is 23.4 Å². The van der Waals surface area contributed by atoms with Crippen LogP contribution in [0.1, 0.15) is 18.9 Å². The number of halogens is 4. The lowest BCUT2D eigenvalue weighted by molar-refractivity contribution is -0.404. The van der Waals surface area contributed by atoms with Crippen molar-refractivity contribution in [2.75, 3.05) is 25.9 Å². The average Bonchev–Trinajstić information content (AvgIpc) is 3.31. The van der Waals surface area contributed by atoms with Crippen LogP contribution in [0.2, 0.25) is 0 Å². The van der Waals surface area contributed by atoms with Gasteiger partial charge in [-0.15, -0.1) is 0 Å². The number of nitrogens with two attached hydrogens (primary N) is 1. The number of ether oxygens (including phenoxy) is 1. The highest BCUT2D eigenvalue weighted by atomic mass is 19.2. The van der Waals surface area contributed by atoms with Crippen LogP contribution in [0, 0.1) is 33.4 Å². The normalized spacial score (nSPS) is 15.9. The van der Waals surface area contributed by atoms with Crippen molar-refractivity contribution < 1.29 is 27.2 Å². The predicted octanol–water partition coefficient (Wildman–Crippen LogP) is 4.36. The molecule has 1 atom stereocenters. The Morgan fingerprint density at radius 1 is 1.20 bits per heavy atom. The molecule has 5 rings (SSSR count). The molecular weight excluding hydrogens is 536 g/mol. The largest absolute Gasteiger partial charge is 0.454 e. The molecule has 208 valence electrons. The van der Waals surface area contributed by atoms with E-state index in [1.54, 1.807) is 11.7 Å². The third-order valence-electron chi connectivity index (χ3n) is 6.47. The number of hydrogen-bond donors (Lipinski definition) is 2. The standard InChI is InChI=1S/C25H22F4N8O3/c1-31-20(11-36(38)39)35-6-2-3-14(10-35)37-25-21(24(30)32-12-33-25)23(34-37)16-5-4-15(9-17(16)27)40-19-8-13(26)7-18(28)22(19)29/h4-5,7-9,11-12,14,31H,2-3,6,10H2,1H3,(H2,30,32,33). The lowest BCUT2D eigenvalue weighted by atomic mass is 10.1. The SMILES string of the molecule is CNC(=C[N+](=O)[O-])N1CCCC(n2nc(-c3ccc(Oc4cc(F)cc(F)c4F)cc3F)c3c(N)ncnc32)C1. The molecule has 4 aromatic rings. The van der Waals surface area contributed by atoms with E-state index in [4.69, 9.17) is 10.5 Å². The number of anilines is 1. The number of likely N-dealkylation sites (tertiary alicyclic amines) is 1. The summed E-state index contributed by atoms with van der Waals surface area (Å²) in [5, 5.41) is 18.8. The highest BCUT2D eigenvalue weighted by Crippen LogP contribution is 2.37. The highest BCUT2D eigenvalue weighted by molar-refractivity contribution is 5.98. The zero-order chi connectivity index (χ0) is 28.6. The molecule has 1 fully saturated rings. The molecule has 2 aromatic heterocycles. The summed E-state index contributed by atoms with van der Waals surface area (Å²) < 4.78 is 63.3. The van der Waals surface area contributed by atoms with Crippen molar-refractivity contribution in [2.24, 2.45) is 0 Å². The van der Waals surface area contributed by atoms with E-state index in [1.165, 1.54) is 18.5 Å². The van der Waals surface area contributed by atoms with Gasteiger partial charge in [-0.25, -0.2) is 27.8 Å². The Kier molecular flexibility index (Phi) is 7.11. The van der Waals surface area contributed by atoms with Crippen molar-refractivity contribution in [3.8, 4) is 22.8 Å². The maximum atomic E-state index is 15.4.